The van der Waals surface area contributed by atoms with Gasteiger partial charge in [0, 0.05) is 10.7 Å². The van der Waals surface area contributed by atoms with Gasteiger partial charge in [0.1, 0.15) is 6.04 Å². The number of anilines is 1. The highest BCUT2D eigenvalue weighted by atomic mass is 35.5. The SMILES string of the molecule is CCSCCC(Nc1cccc(Cl)c1)C(N)=O. The van der Waals surface area contributed by atoms with Crippen LogP contribution in [0, 0.1) is 0 Å². The van der Waals surface area contributed by atoms with E-state index in [4.69, 9.17) is 17.3 Å². The predicted molar refractivity (Wildman–Crippen MR) is 75.7 cm³/mol. The van der Waals surface area contributed by atoms with Gasteiger partial charge in [0.2, 0.25) is 5.91 Å². The molecule has 1 atom stereocenters. The van der Waals surface area contributed by atoms with Crippen LogP contribution < -0.4 is 11.1 Å². The number of primary amides is 1. The first-order valence-corrected chi connectivity index (χ1v) is 7.06. The van der Waals surface area contributed by atoms with E-state index in [1.807, 2.05) is 12.1 Å². The number of hydrogen-bond acceptors (Lipinski definition) is 3. The van der Waals surface area contributed by atoms with Crippen molar-refractivity contribution in [2.45, 2.75) is 19.4 Å². The molecule has 0 radical (unpaired) electrons. The van der Waals surface area contributed by atoms with E-state index in [0.717, 1.165) is 23.6 Å². The van der Waals surface area contributed by atoms with Gasteiger partial charge >= 0.3 is 0 Å². The van der Waals surface area contributed by atoms with Gasteiger partial charge in [-0.25, -0.2) is 0 Å². The second-order valence-corrected chi connectivity index (χ2v) is 5.43. The summed E-state index contributed by atoms with van der Waals surface area (Å²) in [6.45, 7) is 2.09. The second-order valence-electron chi connectivity index (χ2n) is 3.60. The van der Waals surface area contributed by atoms with E-state index in [0.29, 0.717) is 5.02 Å². The lowest BCUT2D eigenvalue weighted by molar-refractivity contribution is -0.118. The van der Waals surface area contributed by atoms with Crippen LogP contribution >= 0.6 is 23.4 Å². The minimum Gasteiger partial charge on any atom is -0.374 e. The molecule has 0 saturated carbocycles. The average molecular weight is 273 g/mol. The molecule has 1 aromatic carbocycles. The summed E-state index contributed by atoms with van der Waals surface area (Å²) in [5.74, 6) is 1.63. The molecule has 0 fully saturated rings. The van der Waals surface area contributed by atoms with Gasteiger partial charge in [-0.3, -0.25) is 4.79 Å². The Bertz CT molecular complexity index is 373. The van der Waals surface area contributed by atoms with Crippen LogP contribution in [0.4, 0.5) is 5.69 Å². The number of benzene rings is 1. The van der Waals surface area contributed by atoms with Crippen molar-refractivity contribution in [1.82, 2.24) is 0 Å². The maximum atomic E-state index is 11.3. The highest BCUT2D eigenvalue weighted by Crippen LogP contribution is 2.17. The molecular weight excluding hydrogens is 256 g/mol. The minimum atomic E-state index is -0.340. The standard InChI is InChI=1S/C12H17ClN2OS/c1-2-17-7-6-11(12(14)16)15-10-5-3-4-9(13)8-10/h3-5,8,11,15H,2,6-7H2,1H3,(H2,14,16). The molecule has 1 aromatic rings. The van der Waals surface area contributed by atoms with E-state index in [1.165, 1.54) is 0 Å². The smallest absolute Gasteiger partial charge is 0.239 e. The third-order valence-electron chi connectivity index (χ3n) is 2.26. The molecule has 0 saturated heterocycles. The lowest BCUT2D eigenvalue weighted by atomic mass is 10.2. The lowest BCUT2D eigenvalue weighted by Gasteiger charge is -2.16. The quantitative estimate of drug-likeness (QED) is 0.751. The van der Waals surface area contributed by atoms with Gasteiger partial charge in [-0.1, -0.05) is 24.6 Å². The van der Waals surface area contributed by atoms with E-state index in [1.54, 1.807) is 23.9 Å². The number of carbonyl (C=O) groups excluding carboxylic acids is 1. The first-order chi connectivity index (χ1) is 8.13. The van der Waals surface area contributed by atoms with E-state index in [9.17, 15) is 4.79 Å². The van der Waals surface area contributed by atoms with Crippen molar-refractivity contribution in [3.8, 4) is 0 Å². The van der Waals surface area contributed by atoms with Gasteiger partial charge in [0.15, 0.2) is 0 Å². The van der Waals surface area contributed by atoms with E-state index in [-0.39, 0.29) is 11.9 Å². The van der Waals surface area contributed by atoms with E-state index in [2.05, 4.69) is 12.2 Å². The van der Waals surface area contributed by atoms with Crippen molar-refractivity contribution in [1.29, 1.82) is 0 Å². The zero-order valence-corrected chi connectivity index (χ0v) is 11.4. The number of rotatable bonds is 7. The number of nitrogens with two attached hydrogens (primary N) is 1. The fraction of sp³-hybridized carbons (Fsp3) is 0.417. The van der Waals surface area contributed by atoms with Crippen molar-refractivity contribution in [3.05, 3.63) is 29.3 Å². The molecule has 0 aliphatic heterocycles. The molecule has 3 N–H and O–H groups in total. The van der Waals surface area contributed by atoms with Gasteiger partial charge < -0.3 is 11.1 Å². The van der Waals surface area contributed by atoms with Crippen molar-refractivity contribution < 1.29 is 4.79 Å². The van der Waals surface area contributed by atoms with Crippen LogP contribution in [0.3, 0.4) is 0 Å². The number of amides is 1. The summed E-state index contributed by atoms with van der Waals surface area (Å²) in [7, 11) is 0. The summed E-state index contributed by atoms with van der Waals surface area (Å²) >= 11 is 7.67. The number of hydrogen-bond donors (Lipinski definition) is 2. The molecule has 0 spiro atoms. The maximum absolute atomic E-state index is 11.3. The molecule has 17 heavy (non-hydrogen) atoms. The zero-order chi connectivity index (χ0) is 12.7. The number of carbonyl (C=O) groups is 1. The van der Waals surface area contributed by atoms with Gasteiger partial charge in [-0.2, -0.15) is 11.8 Å². The summed E-state index contributed by atoms with van der Waals surface area (Å²) < 4.78 is 0. The van der Waals surface area contributed by atoms with Gasteiger partial charge in [-0.05, 0) is 36.1 Å². The van der Waals surface area contributed by atoms with Crippen molar-refractivity contribution in [3.63, 3.8) is 0 Å². The second kappa shape index (κ2) is 7.45. The maximum Gasteiger partial charge on any atom is 0.239 e. The van der Waals surface area contributed by atoms with Crippen LogP contribution in [-0.2, 0) is 4.79 Å². The highest BCUT2D eigenvalue weighted by Gasteiger charge is 2.14. The number of halogens is 1. The Morgan fingerprint density at radius 2 is 2.35 bits per heavy atom. The normalized spacial score (nSPS) is 12.1. The van der Waals surface area contributed by atoms with Crippen LogP contribution in [-0.4, -0.2) is 23.5 Å². The Labute approximate surface area is 111 Å². The Morgan fingerprint density at radius 3 is 2.94 bits per heavy atom. The molecule has 0 aromatic heterocycles. The summed E-state index contributed by atoms with van der Waals surface area (Å²) in [4.78, 5) is 11.3. The summed E-state index contributed by atoms with van der Waals surface area (Å²) in [6.07, 6.45) is 0.723. The minimum absolute atomic E-state index is 0.332. The molecule has 1 rings (SSSR count). The number of thioether (sulfide) groups is 1. The summed E-state index contributed by atoms with van der Waals surface area (Å²) in [5, 5.41) is 3.75. The van der Waals surface area contributed by atoms with Crippen LogP contribution in [0.1, 0.15) is 13.3 Å². The molecule has 3 nitrogen and oxygen atoms in total. The highest BCUT2D eigenvalue weighted by molar-refractivity contribution is 7.99. The number of nitrogens with one attached hydrogen (secondary N) is 1. The Balaban J connectivity index is 2.57. The molecule has 1 unspecified atom stereocenters. The molecule has 94 valence electrons. The molecule has 5 heteroatoms. The Morgan fingerprint density at radius 1 is 1.59 bits per heavy atom. The monoisotopic (exact) mass is 272 g/mol. The largest absolute Gasteiger partial charge is 0.374 e. The van der Waals surface area contributed by atoms with Crippen molar-refractivity contribution >= 4 is 35.0 Å². The van der Waals surface area contributed by atoms with Crippen molar-refractivity contribution in [2.24, 2.45) is 5.73 Å². The van der Waals surface area contributed by atoms with Gasteiger partial charge in [0.25, 0.3) is 0 Å². The fourth-order valence-electron chi connectivity index (χ4n) is 1.41. The topological polar surface area (TPSA) is 55.1 Å². The third kappa shape index (κ3) is 5.33. The molecule has 1 amide bonds. The Kier molecular flexibility index (Phi) is 6.22. The fourth-order valence-corrected chi connectivity index (χ4v) is 2.29. The summed E-state index contributed by atoms with van der Waals surface area (Å²) in [5.41, 5.74) is 6.18. The van der Waals surface area contributed by atoms with Crippen LogP contribution in [0.25, 0.3) is 0 Å². The van der Waals surface area contributed by atoms with Crippen LogP contribution in [0.5, 0.6) is 0 Å². The zero-order valence-electron chi connectivity index (χ0n) is 9.78. The first-order valence-electron chi connectivity index (χ1n) is 5.52. The molecular formula is C12H17ClN2OS. The van der Waals surface area contributed by atoms with Gasteiger partial charge in [-0.15, -0.1) is 0 Å². The summed E-state index contributed by atoms with van der Waals surface area (Å²) in [6, 6.07) is 6.94. The average Bonchev–Trinajstić information content (AvgIpc) is 2.28. The molecule has 0 aliphatic carbocycles. The third-order valence-corrected chi connectivity index (χ3v) is 3.43. The molecule has 0 heterocycles. The van der Waals surface area contributed by atoms with Crippen molar-refractivity contribution in [2.75, 3.05) is 16.8 Å². The van der Waals surface area contributed by atoms with E-state index >= 15 is 0 Å². The Hall–Kier alpha value is -0.870. The van der Waals surface area contributed by atoms with Crippen LogP contribution in [0.2, 0.25) is 5.02 Å². The predicted octanol–water partition coefficient (Wildman–Crippen LogP) is 2.75. The van der Waals surface area contributed by atoms with E-state index < -0.39 is 0 Å². The lowest BCUT2D eigenvalue weighted by Crippen LogP contribution is -2.35. The molecule has 0 bridgehead atoms. The first kappa shape index (κ1) is 14.2. The van der Waals surface area contributed by atoms with Crippen LogP contribution in [0.15, 0.2) is 24.3 Å². The molecule has 0 aliphatic rings. The van der Waals surface area contributed by atoms with Gasteiger partial charge in [0.05, 0.1) is 0 Å².